The monoisotopic (exact) mass is 273 g/mol. The summed E-state index contributed by atoms with van der Waals surface area (Å²) in [5, 5.41) is 3.54. The number of nitrogens with one attached hydrogen (secondary N) is 1. The van der Waals surface area contributed by atoms with E-state index in [-0.39, 0.29) is 0 Å². The number of rotatable bonds is 5. The van der Waals surface area contributed by atoms with E-state index < -0.39 is 0 Å². The molecule has 0 radical (unpaired) electrons. The van der Waals surface area contributed by atoms with Crippen LogP contribution in [0, 0.1) is 11.8 Å². The number of benzene rings is 1. The summed E-state index contributed by atoms with van der Waals surface area (Å²) < 4.78 is 5.84. The van der Waals surface area contributed by atoms with Gasteiger partial charge < -0.3 is 10.1 Å². The zero-order chi connectivity index (χ0) is 13.9. The molecular weight excluding hydrogens is 246 g/mol. The zero-order valence-electron chi connectivity index (χ0n) is 12.8. The fourth-order valence-corrected chi connectivity index (χ4v) is 3.59. The van der Waals surface area contributed by atoms with Crippen LogP contribution in [0.15, 0.2) is 24.3 Å². The largest absolute Gasteiger partial charge is 0.490 e. The molecule has 1 N–H and O–H groups in total. The molecule has 0 aromatic heterocycles. The van der Waals surface area contributed by atoms with Crippen LogP contribution in [-0.4, -0.2) is 13.2 Å². The van der Waals surface area contributed by atoms with Crippen LogP contribution in [0.2, 0.25) is 0 Å². The Morgan fingerprint density at radius 3 is 2.45 bits per heavy atom. The first-order chi connectivity index (χ1) is 9.76. The molecule has 0 spiro atoms. The van der Waals surface area contributed by atoms with Crippen LogP contribution in [0.1, 0.15) is 57.1 Å². The molecule has 20 heavy (non-hydrogen) atoms. The average molecular weight is 273 g/mol. The topological polar surface area (TPSA) is 21.3 Å². The molecule has 0 saturated heterocycles. The van der Waals surface area contributed by atoms with E-state index in [4.69, 9.17) is 4.74 Å². The van der Waals surface area contributed by atoms with Crippen LogP contribution in [0.5, 0.6) is 5.75 Å². The molecule has 2 saturated carbocycles. The third-order valence-electron chi connectivity index (χ3n) is 4.83. The minimum atomic E-state index is 0.486. The van der Waals surface area contributed by atoms with Gasteiger partial charge in [0.05, 0.1) is 6.10 Å². The minimum absolute atomic E-state index is 0.486. The number of hydrogen-bond donors (Lipinski definition) is 1. The van der Waals surface area contributed by atoms with Crippen molar-refractivity contribution < 1.29 is 4.74 Å². The van der Waals surface area contributed by atoms with Crippen LogP contribution in [-0.2, 0) is 0 Å². The van der Waals surface area contributed by atoms with Gasteiger partial charge in [0.15, 0.2) is 0 Å². The van der Waals surface area contributed by atoms with Gasteiger partial charge in [0, 0.05) is 6.04 Å². The summed E-state index contributed by atoms with van der Waals surface area (Å²) in [7, 11) is 2.10. The molecule has 110 valence electrons. The number of hydrogen-bond acceptors (Lipinski definition) is 2. The van der Waals surface area contributed by atoms with Gasteiger partial charge in [-0.05, 0) is 62.3 Å². The van der Waals surface area contributed by atoms with Crippen LogP contribution in [0.4, 0.5) is 0 Å². The molecule has 2 fully saturated rings. The van der Waals surface area contributed by atoms with Crippen LogP contribution < -0.4 is 10.1 Å². The zero-order valence-corrected chi connectivity index (χ0v) is 12.8. The smallest absolute Gasteiger partial charge is 0.119 e. The second-order valence-electron chi connectivity index (χ2n) is 6.68. The predicted molar refractivity (Wildman–Crippen MR) is 83.0 cm³/mol. The van der Waals surface area contributed by atoms with Crippen molar-refractivity contribution in [1.29, 1.82) is 0 Å². The Balaban J connectivity index is 1.67. The van der Waals surface area contributed by atoms with Crippen LogP contribution in [0.25, 0.3) is 0 Å². The summed E-state index contributed by atoms with van der Waals surface area (Å²) in [6, 6.07) is 9.28. The summed E-state index contributed by atoms with van der Waals surface area (Å²) in [5.41, 5.74) is 1.41. The molecule has 2 heteroatoms. The lowest BCUT2D eigenvalue weighted by molar-refractivity contribution is 0.230. The Labute approximate surface area is 122 Å². The molecule has 0 bridgehead atoms. The Kier molecular flexibility index (Phi) is 4.30. The highest BCUT2D eigenvalue weighted by Crippen LogP contribution is 2.37. The Morgan fingerprint density at radius 2 is 1.85 bits per heavy atom. The van der Waals surface area contributed by atoms with Gasteiger partial charge in [-0.15, -0.1) is 0 Å². The summed E-state index contributed by atoms with van der Waals surface area (Å²) in [6.45, 7) is 2.39. The summed E-state index contributed by atoms with van der Waals surface area (Å²) in [5.74, 6) is 2.68. The molecule has 0 aliphatic heterocycles. The van der Waals surface area contributed by atoms with Gasteiger partial charge in [0.25, 0.3) is 0 Å². The van der Waals surface area contributed by atoms with Crippen molar-refractivity contribution >= 4 is 0 Å². The first-order valence-corrected chi connectivity index (χ1v) is 8.20. The van der Waals surface area contributed by atoms with Gasteiger partial charge in [-0.3, -0.25) is 0 Å². The van der Waals surface area contributed by atoms with Crippen LogP contribution in [0.3, 0.4) is 0 Å². The average Bonchev–Trinajstić information content (AvgIpc) is 3.26. The Hall–Kier alpha value is -1.02. The summed E-state index contributed by atoms with van der Waals surface area (Å²) in [4.78, 5) is 0. The second kappa shape index (κ2) is 6.17. The number of ether oxygens (including phenoxy) is 1. The van der Waals surface area contributed by atoms with E-state index in [9.17, 15) is 0 Å². The highest BCUT2D eigenvalue weighted by atomic mass is 16.5. The fourth-order valence-electron chi connectivity index (χ4n) is 3.59. The summed E-state index contributed by atoms with van der Waals surface area (Å²) in [6.07, 6.45) is 8.43. The lowest BCUT2D eigenvalue weighted by Crippen LogP contribution is -2.28. The summed E-state index contributed by atoms with van der Waals surface area (Å²) >= 11 is 0. The van der Waals surface area contributed by atoms with Crippen molar-refractivity contribution in [1.82, 2.24) is 5.32 Å². The van der Waals surface area contributed by atoms with Crippen molar-refractivity contribution in [2.45, 2.75) is 57.6 Å². The molecule has 2 nitrogen and oxygen atoms in total. The molecule has 3 rings (SSSR count). The highest BCUT2D eigenvalue weighted by Gasteiger charge is 2.27. The second-order valence-corrected chi connectivity index (χ2v) is 6.68. The molecule has 0 amide bonds. The van der Waals surface area contributed by atoms with Crippen molar-refractivity contribution in [2.24, 2.45) is 11.8 Å². The van der Waals surface area contributed by atoms with Gasteiger partial charge in [-0.25, -0.2) is 0 Å². The molecule has 1 aromatic rings. The molecule has 0 heterocycles. The quantitative estimate of drug-likeness (QED) is 0.863. The van der Waals surface area contributed by atoms with Crippen molar-refractivity contribution in [2.75, 3.05) is 7.05 Å². The molecule has 1 aromatic carbocycles. The minimum Gasteiger partial charge on any atom is -0.490 e. The predicted octanol–water partition coefficient (Wildman–Crippen LogP) is 4.31. The maximum Gasteiger partial charge on any atom is 0.119 e. The van der Waals surface area contributed by atoms with Crippen molar-refractivity contribution in [3.05, 3.63) is 29.8 Å². The van der Waals surface area contributed by atoms with Crippen molar-refractivity contribution in [3.8, 4) is 5.75 Å². The van der Waals surface area contributed by atoms with E-state index in [2.05, 4.69) is 43.6 Å². The first kappa shape index (κ1) is 13.9. The third kappa shape index (κ3) is 3.35. The van der Waals surface area contributed by atoms with E-state index >= 15 is 0 Å². The van der Waals surface area contributed by atoms with Crippen LogP contribution >= 0.6 is 0 Å². The third-order valence-corrected chi connectivity index (χ3v) is 4.83. The maximum absolute atomic E-state index is 5.84. The lowest BCUT2D eigenvalue weighted by atomic mass is 9.77. The first-order valence-electron chi connectivity index (χ1n) is 8.20. The molecule has 2 aliphatic rings. The van der Waals surface area contributed by atoms with Gasteiger partial charge in [-0.2, -0.15) is 0 Å². The molecule has 3 atom stereocenters. The highest BCUT2D eigenvalue weighted by molar-refractivity contribution is 5.30. The molecule has 2 aliphatic carbocycles. The lowest BCUT2D eigenvalue weighted by Gasteiger charge is -2.33. The molecule has 3 unspecified atom stereocenters. The van der Waals surface area contributed by atoms with Gasteiger partial charge >= 0.3 is 0 Å². The maximum atomic E-state index is 5.84. The fraction of sp³-hybridized carbons (Fsp3) is 0.667. The van der Waals surface area contributed by atoms with Gasteiger partial charge in [0.1, 0.15) is 5.75 Å². The normalized spacial score (nSPS) is 28.1. The van der Waals surface area contributed by atoms with E-state index in [0.29, 0.717) is 12.1 Å². The SMILES string of the molecule is CNC(c1ccc(OC2CC2)cc1)C1CCCC(C)C1. The van der Waals surface area contributed by atoms with Gasteiger partial charge in [-0.1, -0.05) is 31.9 Å². The van der Waals surface area contributed by atoms with E-state index in [1.54, 1.807) is 0 Å². The molecular formula is C18H27NO. The Morgan fingerprint density at radius 1 is 1.10 bits per heavy atom. The van der Waals surface area contributed by atoms with E-state index in [1.165, 1.54) is 44.1 Å². The Bertz CT molecular complexity index is 424. The van der Waals surface area contributed by atoms with Crippen molar-refractivity contribution in [3.63, 3.8) is 0 Å². The van der Waals surface area contributed by atoms with Gasteiger partial charge in [0.2, 0.25) is 0 Å². The van der Waals surface area contributed by atoms with E-state index in [1.807, 2.05) is 0 Å². The standard InChI is InChI=1S/C18H27NO/c1-13-4-3-5-15(12-13)18(19-2)14-6-8-16(9-7-14)20-17-10-11-17/h6-9,13,15,17-19H,3-5,10-12H2,1-2H3. The van der Waals surface area contributed by atoms with E-state index in [0.717, 1.165) is 17.6 Å².